The SMILES string of the molecule is Cc1ccc2nc(C)cc(C(=O)N(C)Cc3ccc(C#N)cc3)c2c1. The standard InChI is InChI=1S/C21H19N3O/c1-14-4-9-20-18(10-14)19(11-15(2)23-20)21(25)24(3)13-17-7-5-16(12-22)6-8-17/h4-11H,13H2,1-3H3. The highest BCUT2D eigenvalue weighted by Crippen LogP contribution is 2.22. The maximum atomic E-state index is 13.0. The molecule has 0 N–H and O–H groups in total. The molecule has 3 rings (SSSR count). The third-order valence-electron chi connectivity index (χ3n) is 4.17. The third kappa shape index (κ3) is 3.51. The molecule has 3 aromatic rings. The summed E-state index contributed by atoms with van der Waals surface area (Å²) in [5, 5.41) is 9.75. The number of amides is 1. The van der Waals surface area contributed by atoms with Crippen LogP contribution in [0, 0.1) is 25.2 Å². The molecule has 4 nitrogen and oxygen atoms in total. The Morgan fingerprint density at radius 3 is 2.52 bits per heavy atom. The fraction of sp³-hybridized carbons (Fsp3) is 0.190. The normalized spacial score (nSPS) is 10.5. The lowest BCUT2D eigenvalue weighted by molar-refractivity contribution is 0.0787. The Morgan fingerprint density at radius 2 is 1.84 bits per heavy atom. The average molecular weight is 329 g/mol. The summed E-state index contributed by atoms with van der Waals surface area (Å²) in [5.41, 5.74) is 5.03. The number of nitrogens with zero attached hydrogens (tertiary/aromatic N) is 3. The lowest BCUT2D eigenvalue weighted by Gasteiger charge is -2.19. The molecule has 124 valence electrons. The number of aromatic nitrogens is 1. The first-order valence-corrected chi connectivity index (χ1v) is 8.10. The van der Waals surface area contributed by atoms with Crippen molar-refractivity contribution >= 4 is 16.8 Å². The topological polar surface area (TPSA) is 57.0 Å². The minimum absolute atomic E-state index is 0.0366. The van der Waals surface area contributed by atoms with E-state index < -0.39 is 0 Å². The molecule has 0 unspecified atom stereocenters. The van der Waals surface area contributed by atoms with Crippen LogP contribution in [0.2, 0.25) is 0 Å². The first-order valence-electron chi connectivity index (χ1n) is 8.10. The Morgan fingerprint density at radius 1 is 1.12 bits per heavy atom. The Balaban J connectivity index is 1.92. The molecule has 4 heteroatoms. The third-order valence-corrected chi connectivity index (χ3v) is 4.17. The number of carbonyl (C=O) groups excluding carboxylic acids is 1. The van der Waals surface area contributed by atoms with Crippen LogP contribution in [0.3, 0.4) is 0 Å². The number of rotatable bonds is 3. The zero-order valence-corrected chi connectivity index (χ0v) is 14.6. The summed E-state index contributed by atoms with van der Waals surface area (Å²) >= 11 is 0. The molecule has 0 radical (unpaired) electrons. The summed E-state index contributed by atoms with van der Waals surface area (Å²) in [6.45, 7) is 4.39. The first-order chi connectivity index (χ1) is 12.0. The molecule has 0 saturated heterocycles. The van der Waals surface area contributed by atoms with Crippen molar-refractivity contribution in [1.29, 1.82) is 5.26 Å². The van der Waals surface area contributed by atoms with Gasteiger partial charge in [0.05, 0.1) is 22.7 Å². The summed E-state index contributed by atoms with van der Waals surface area (Å²) < 4.78 is 0. The zero-order valence-electron chi connectivity index (χ0n) is 14.6. The molecular formula is C21H19N3O. The molecule has 0 aliphatic rings. The molecule has 0 aliphatic carbocycles. The van der Waals surface area contributed by atoms with Crippen molar-refractivity contribution in [3.05, 3.63) is 76.5 Å². The minimum Gasteiger partial charge on any atom is -0.337 e. The molecule has 1 amide bonds. The van der Waals surface area contributed by atoms with Crippen LogP contribution < -0.4 is 0 Å². The lowest BCUT2D eigenvalue weighted by Crippen LogP contribution is -2.26. The van der Waals surface area contributed by atoms with Crippen LogP contribution in [-0.2, 0) is 6.54 Å². The van der Waals surface area contributed by atoms with Crippen molar-refractivity contribution in [2.45, 2.75) is 20.4 Å². The van der Waals surface area contributed by atoms with E-state index in [1.807, 2.05) is 50.2 Å². The van der Waals surface area contributed by atoms with E-state index in [9.17, 15) is 4.79 Å². The van der Waals surface area contributed by atoms with Crippen molar-refractivity contribution in [3.63, 3.8) is 0 Å². The number of carbonyl (C=O) groups is 1. The Kier molecular flexibility index (Phi) is 4.49. The lowest BCUT2D eigenvalue weighted by atomic mass is 10.0. The number of aryl methyl sites for hydroxylation is 2. The number of fused-ring (bicyclic) bond motifs is 1. The predicted octanol–water partition coefficient (Wildman–Crippen LogP) is 4.00. The van der Waals surface area contributed by atoms with Gasteiger partial charge < -0.3 is 4.90 Å². The van der Waals surface area contributed by atoms with Crippen molar-refractivity contribution in [2.24, 2.45) is 0 Å². The average Bonchev–Trinajstić information content (AvgIpc) is 2.61. The van der Waals surface area contributed by atoms with Gasteiger partial charge in [-0.3, -0.25) is 9.78 Å². The van der Waals surface area contributed by atoms with Gasteiger partial charge in [0.1, 0.15) is 0 Å². The maximum Gasteiger partial charge on any atom is 0.254 e. The summed E-state index contributed by atoms with van der Waals surface area (Å²) in [6.07, 6.45) is 0. The van der Waals surface area contributed by atoms with Gasteiger partial charge in [-0.2, -0.15) is 5.26 Å². The highest BCUT2D eigenvalue weighted by Gasteiger charge is 2.16. The van der Waals surface area contributed by atoms with Gasteiger partial charge in [-0.05, 0) is 49.7 Å². The van der Waals surface area contributed by atoms with Crippen LogP contribution in [0.1, 0.15) is 32.7 Å². The van der Waals surface area contributed by atoms with Crippen molar-refractivity contribution < 1.29 is 4.79 Å². The predicted molar refractivity (Wildman–Crippen MR) is 98.2 cm³/mol. The van der Waals surface area contributed by atoms with Crippen LogP contribution in [0.4, 0.5) is 0 Å². The second-order valence-electron chi connectivity index (χ2n) is 6.30. The molecule has 1 heterocycles. The second kappa shape index (κ2) is 6.74. The molecule has 0 atom stereocenters. The van der Waals surface area contributed by atoms with Crippen molar-refractivity contribution in [3.8, 4) is 6.07 Å². The van der Waals surface area contributed by atoms with E-state index >= 15 is 0 Å². The highest BCUT2D eigenvalue weighted by molar-refractivity contribution is 6.06. The fourth-order valence-corrected chi connectivity index (χ4v) is 2.88. The minimum atomic E-state index is -0.0366. The zero-order chi connectivity index (χ0) is 18.0. The van der Waals surface area contributed by atoms with Crippen LogP contribution in [0.5, 0.6) is 0 Å². The van der Waals surface area contributed by atoms with Gasteiger partial charge in [-0.25, -0.2) is 0 Å². The van der Waals surface area contributed by atoms with Gasteiger partial charge in [0.15, 0.2) is 0 Å². The van der Waals surface area contributed by atoms with E-state index in [-0.39, 0.29) is 5.91 Å². The number of pyridine rings is 1. The molecule has 1 aromatic heterocycles. The number of benzene rings is 2. The van der Waals surface area contributed by atoms with Crippen molar-refractivity contribution in [2.75, 3.05) is 7.05 Å². The molecule has 0 aliphatic heterocycles. The van der Waals surface area contributed by atoms with Gasteiger partial charge >= 0.3 is 0 Å². The van der Waals surface area contributed by atoms with Gasteiger partial charge in [0.25, 0.3) is 5.91 Å². The van der Waals surface area contributed by atoms with Gasteiger partial charge in [0.2, 0.25) is 0 Å². The Labute approximate surface area is 147 Å². The van der Waals surface area contributed by atoms with Gasteiger partial charge in [-0.1, -0.05) is 23.8 Å². The van der Waals surface area contributed by atoms with E-state index in [0.717, 1.165) is 27.7 Å². The van der Waals surface area contributed by atoms with Crippen LogP contribution >= 0.6 is 0 Å². The van der Waals surface area contributed by atoms with E-state index in [0.29, 0.717) is 17.7 Å². The van der Waals surface area contributed by atoms with E-state index in [1.54, 1.807) is 24.1 Å². The van der Waals surface area contributed by atoms with Crippen LogP contribution in [0.25, 0.3) is 10.9 Å². The van der Waals surface area contributed by atoms with Gasteiger partial charge in [0, 0.05) is 24.7 Å². The van der Waals surface area contributed by atoms with Crippen molar-refractivity contribution in [1.82, 2.24) is 9.88 Å². The van der Waals surface area contributed by atoms with Crippen LogP contribution in [-0.4, -0.2) is 22.8 Å². The molecule has 0 spiro atoms. The molecule has 0 saturated carbocycles. The largest absolute Gasteiger partial charge is 0.337 e. The number of nitriles is 1. The summed E-state index contributed by atoms with van der Waals surface area (Å²) in [5.74, 6) is -0.0366. The Hall–Kier alpha value is -3.19. The summed E-state index contributed by atoms with van der Waals surface area (Å²) in [4.78, 5) is 19.2. The first kappa shape index (κ1) is 16.7. The summed E-state index contributed by atoms with van der Waals surface area (Å²) in [7, 11) is 1.79. The summed E-state index contributed by atoms with van der Waals surface area (Å²) in [6, 6.07) is 17.2. The monoisotopic (exact) mass is 329 g/mol. The quantitative estimate of drug-likeness (QED) is 0.730. The van der Waals surface area contributed by atoms with E-state index in [2.05, 4.69) is 11.1 Å². The fourth-order valence-electron chi connectivity index (χ4n) is 2.88. The molecule has 0 bridgehead atoms. The van der Waals surface area contributed by atoms with E-state index in [4.69, 9.17) is 5.26 Å². The second-order valence-corrected chi connectivity index (χ2v) is 6.30. The highest BCUT2D eigenvalue weighted by atomic mass is 16.2. The van der Waals surface area contributed by atoms with Gasteiger partial charge in [-0.15, -0.1) is 0 Å². The van der Waals surface area contributed by atoms with Crippen LogP contribution in [0.15, 0.2) is 48.5 Å². The Bertz CT molecular complexity index is 984. The smallest absolute Gasteiger partial charge is 0.254 e. The maximum absolute atomic E-state index is 13.0. The number of hydrogen-bond donors (Lipinski definition) is 0. The van der Waals surface area contributed by atoms with E-state index in [1.165, 1.54) is 0 Å². The molecule has 2 aromatic carbocycles. The molecular weight excluding hydrogens is 310 g/mol. The molecule has 0 fully saturated rings. The number of hydrogen-bond acceptors (Lipinski definition) is 3. The molecule has 25 heavy (non-hydrogen) atoms.